The van der Waals surface area contributed by atoms with Crippen molar-refractivity contribution in [3.8, 4) is 0 Å². The molecule has 2 heterocycles. The molecule has 7 heteroatoms. The van der Waals surface area contributed by atoms with E-state index in [1.807, 2.05) is 39.1 Å². The zero-order valence-corrected chi connectivity index (χ0v) is 14.6. The van der Waals surface area contributed by atoms with E-state index in [9.17, 15) is 9.59 Å². The van der Waals surface area contributed by atoms with Crippen LogP contribution >= 0.6 is 22.7 Å². The first-order valence-electron chi connectivity index (χ1n) is 6.97. The van der Waals surface area contributed by atoms with E-state index in [4.69, 9.17) is 0 Å². The first-order valence-corrected chi connectivity index (χ1v) is 8.67. The fourth-order valence-electron chi connectivity index (χ4n) is 1.86. The van der Waals surface area contributed by atoms with Gasteiger partial charge in [-0.3, -0.25) is 9.59 Å². The van der Waals surface area contributed by atoms with E-state index < -0.39 is 6.04 Å². The molecule has 0 fully saturated rings. The molecule has 2 aromatic heterocycles. The Kier molecular flexibility index (Phi) is 5.31. The molecular weight excluding hydrogens is 318 g/mol. The van der Waals surface area contributed by atoms with E-state index in [0.717, 1.165) is 10.6 Å². The highest BCUT2D eigenvalue weighted by Gasteiger charge is 2.25. The minimum Gasteiger partial charge on any atom is -0.339 e. The third-order valence-corrected chi connectivity index (χ3v) is 5.10. The Morgan fingerprint density at radius 3 is 2.50 bits per heavy atom. The fraction of sp³-hybridized carbons (Fsp3) is 0.400. The van der Waals surface area contributed by atoms with Crippen LogP contribution in [-0.2, 0) is 4.79 Å². The molecular formula is C15H19N3O2S2. The zero-order chi connectivity index (χ0) is 16.3. The van der Waals surface area contributed by atoms with Crippen molar-refractivity contribution in [1.29, 1.82) is 0 Å². The van der Waals surface area contributed by atoms with E-state index in [-0.39, 0.29) is 17.7 Å². The van der Waals surface area contributed by atoms with Crippen LogP contribution in [0.3, 0.4) is 0 Å². The molecule has 2 aromatic rings. The van der Waals surface area contributed by atoms with Crippen molar-refractivity contribution in [2.75, 3.05) is 5.32 Å². The predicted octanol–water partition coefficient (Wildman–Crippen LogP) is 3.21. The molecule has 5 nitrogen and oxygen atoms in total. The molecule has 1 unspecified atom stereocenters. The van der Waals surface area contributed by atoms with Crippen molar-refractivity contribution in [1.82, 2.24) is 10.3 Å². The Morgan fingerprint density at radius 1 is 1.27 bits per heavy atom. The monoisotopic (exact) mass is 337 g/mol. The number of aromatic nitrogens is 1. The van der Waals surface area contributed by atoms with Crippen LogP contribution < -0.4 is 10.6 Å². The number of thiophene rings is 1. The van der Waals surface area contributed by atoms with E-state index in [2.05, 4.69) is 15.6 Å². The summed E-state index contributed by atoms with van der Waals surface area (Å²) in [7, 11) is 0. The molecule has 0 aliphatic heterocycles. The Labute approximate surface area is 137 Å². The Bertz CT molecular complexity index is 643. The van der Waals surface area contributed by atoms with Gasteiger partial charge in [0.05, 0.1) is 10.6 Å². The fourth-order valence-corrected chi connectivity index (χ4v) is 3.31. The standard InChI is InChI=1S/C15H19N3O2S2/c1-8(2)12(17-13(19)11-6-5-7-21-11)14(20)18-15-16-9(3)10(4)22-15/h5-8,12H,1-4H3,(H,17,19)(H,16,18,20). The summed E-state index contributed by atoms with van der Waals surface area (Å²) in [6.45, 7) is 7.66. The quantitative estimate of drug-likeness (QED) is 0.880. The average Bonchev–Trinajstić information content (AvgIpc) is 3.06. The zero-order valence-electron chi connectivity index (χ0n) is 13.0. The second-order valence-electron chi connectivity index (χ2n) is 5.32. The second-order valence-corrected chi connectivity index (χ2v) is 7.47. The molecule has 2 N–H and O–H groups in total. The summed E-state index contributed by atoms with van der Waals surface area (Å²) < 4.78 is 0. The molecule has 0 spiro atoms. The first-order chi connectivity index (χ1) is 10.4. The number of rotatable bonds is 5. The van der Waals surface area contributed by atoms with Crippen LogP contribution in [-0.4, -0.2) is 22.8 Å². The molecule has 0 saturated carbocycles. The van der Waals surface area contributed by atoms with Crippen LogP contribution in [0.2, 0.25) is 0 Å². The van der Waals surface area contributed by atoms with Gasteiger partial charge in [-0.05, 0) is 31.2 Å². The van der Waals surface area contributed by atoms with Gasteiger partial charge in [0.15, 0.2) is 5.13 Å². The van der Waals surface area contributed by atoms with E-state index in [1.165, 1.54) is 22.7 Å². The molecule has 0 aliphatic carbocycles. The van der Waals surface area contributed by atoms with Gasteiger partial charge in [-0.2, -0.15) is 0 Å². The number of hydrogen-bond acceptors (Lipinski definition) is 5. The molecule has 1 atom stereocenters. The van der Waals surface area contributed by atoms with Crippen LogP contribution in [0.1, 0.15) is 34.1 Å². The summed E-state index contributed by atoms with van der Waals surface area (Å²) in [5.74, 6) is -0.491. The lowest BCUT2D eigenvalue weighted by Crippen LogP contribution is -2.46. The van der Waals surface area contributed by atoms with Crippen molar-refractivity contribution in [3.63, 3.8) is 0 Å². The largest absolute Gasteiger partial charge is 0.339 e. The third kappa shape index (κ3) is 3.92. The lowest BCUT2D eigenvalue weighted by atomic mass is 10.0. The predicted molar refractivity (Wildman–Crippen MR) is 90.6 cm³/mol. The molecule has 2 amide bonds. The summed E-state index contributed by atoms with van der Waals surface area (Å²) in [4.78, 5) is 30.5. The highest BCUT2D eigenvalue weighted by molar-refractivity contribution is 7.15. The first kappa shape index (κ1) is 16.6. The van der Waals surface area contributed by atoms with Gasteiger partial charge in [-0.1, -0.05) is 19.9 Å². The van der Waals surface area contributed by atoms with Gasteiger partial charge in [0, 0.05) is 4.88 Å². The lowest BCUT2D eigenvalue weighted by Gasteiger charge is -2.20. The summed E-state index contributed by atoms with van der Waals surface area (Å²) in [6, 6.07) is 2.95. The smallest absolute Gasteiger partial charge is 0.262 e. The molecule has 0 aromatic carbocycles. The molecule has 22 heavy (non-hydrogen) atoms. The van der Waals surface area contributed by atoms with Crippen molar-refractivity contribution < 1.29 is 9.59 Å². The number of nitrogens with zero attached hydrogens (tertiary/aromatic N) is 1. The van der Waals surface area contributed by atoms with Gasteiger partial charge in [-0.15, -0.1) is 22.7 Å². The van der Waals surface area contributed by atoms with Crippen LogP contribution in [0.15, 0.2) is 17.5 Å². The number of carbonyl (C=O) groups is 2. The van der Waals surface area contributed by atoms with Gasteiger partial charge in [0.1, 0.15) is 6.04 Å². The number of thiazole rings is 1. The van der Waals surface area contributed by atoms with Gasteiger partial charge in [-0.25, -0.2) is 4.98 Å². The van der Waals surface area contributed by atoms with E-state index in [0.29, 0.717) is 10.0 Å². The number of nitrogens with one attached hydrogen (secondary N) is 2. The molecule has 2 rings (SSSR count). The van der Waals surface area contributed by atoms with Gasteiger partial charge in [0.25, 0.3) is 5.91 Å². The molecule has 118 valence electrons. The maximum atomic E-state index is 12.4. The van der Waals surface area contributed by atoms with Gasteiger partial charge < -0.3 is 10.6 Å². The number of anilines is 1. The summed E-state index contributed by atoms with van der Waals surface area (Å²) >= 11 is 2.79. The van der Waals surface area contributed by atoms with Crippen LogP contribution in [0.25, 0.3) is 0 Å². The van der Waals surface area contributed by atoms with E-state index >= 15 is 0 Å². The minimum atomic E-state index is -0.598. The normalized spacial score (nSPS) is 12.2. The maximum absolute atomic E-state index is 12.4. The van der Waals surface area contributed by atoms with Crippen LogP contribution in [0.4, 0.5) is 5.13 Å². The average molecular weight is 337 g/mol. The summed E-state index contributed by atoms with van der Waals surface area (Å²) in [5.41, 5.74) is 0.906. The van der Waals surface area contributed by atoms with Crippen LogP contribution in [0.5, 0.6) is 0 Å². The lowest BCUT2D eigenvalue weighted by molar-refractivity contribution is -0.118. The molecule has 0 bridgehead atoms. The highest BCUT2D eigenvalue weighted by Crippen LogP contribution is 2.21. The Morgan fingerprint density at radius 2 is 2.00 bits per heavy atom. The number of carbonyl (C=O) groups excluding carboxylic acids is 2. The maximum Gasteiger partial charge on any atom is 0.262 e. The van der Waals surface area contributed by atoms with Crippen molar-refractivity contribution in [2.24, 2.45) is 5.92 Å². The molecule has 0 radical (unpaired) electrons. The van der Waals surface area contributed by atoms with Crippen LogP contribution in [0, 0.1) is 19.8 Å². The SMILES string of the molecule is Cc1nc(NC(=O)C(NC(=O)c2cccs2)C(C)C)sc1C. The van der Waals surface area contributed by atoms with E-state index in [1.54, 1.807) is 6.07 Å². The van der Waals surface area contributed by atoms with Crippen molar-refractivity contribution >= 4 is 39.6 Å². The minimum absolute atomic E-state index is 0.0222. The van der Waals surface area contributed by atoms with Crippen molar-refractivity contribution in [3.05, 3.63) is 33.0 Å². The van der Waals surface area contributed by atoms with Gasteiger partial charge in [0.2, 0.25) is 5.91 Å². The summed E-state index contributed by atoms with van der Waals surface area (Å²) in [5, 5.41) is 7.99. The summed E-state index contributed by atoms with van der Waals surface area (Å²) in [6.07, 6.45) is 0. The molecule has 0 saturated heterocycles. The van der Waals surface area contributed by atoms with Gasteiger partial charge >= 0.3 is 0 Å². The van der Waals surface area contributed by atoms with Crippen molar-refractivity contribution in [2.45, 2.75) is 33.7 Å². The molecule has 0 aliphatic rings. The third-order valence-electron chi connectivity index (χ3n) is 3.24. The number of hydrogen-bond donors (Lipinski definition) is 2. The topological polar surface area (TPSA) is 71.1 Å². The number of aryl methyl sites for hydroxylation is 2. The highest BCUT2D eigenvalue weighted by atomic mass is 32.1. The number of amides is 2. The Balaban J connectivity index is 2.07. The Hall–Kier alpha value is -1.73. The second kappa shape index (κ2) is 7.02.